The maximum Gasteiger partial charge on any atom is 0.0950 e. The quantitative estimate of drug-likeness (QED) is 0.540. The summed E-state index contributed by atoms with van der Waals surface area (Å²) in [5.74, 6) is 0. The van der Waals surface area contributed by atoms with E-state index in [2.05, 4.69) is 17.3 Å². The van der Waals surface area contributed by atoms with Crippen molar-refractivity contribution in [2.45, 2.75) is 18.2 Å². The molecule has 4 nitrogen and oxygen atoms in total. The zero-order valence-electron chi connectivity index (χ0n) is 7.36. The summed E-state index contributed by atoms with van der Waals surface area (Å²) < 4.78 is 5.20. The molecule has 0 saturated carbocycles. The number of likely N-dealkylation sites (N-methyl/N-ethyl adjacent to an activating group) is 1. The van der Waals surface area contributed by atoms with Gasteiger partial charge in [0.2, 0.25) is 0 Å². The standard InChI is InChI=1S/C8H16N2O2/c1-10(6-2-9-3-6)7-4-12-5-8(7)11/h6-9,11H,2-5H2,1H3/t7-,8-/m1/s1. The van der Waals surface area contributed by atoms with Crippen LogP contribution in [-0.2, 0) is 4.74 Å². The second-order valence-electron chi connectivity index (χ2n) is 3.65. The Balaban J connectivity index is 1.89. The fourth-order valence-electron chi connectivity index (χ4n) is 1.75. The van der Waals surface area contributed by atoms with E-state index in [1.807, 2.05) is 0 Å². The summed E-state index contributed by atoms with van der Waals surface area (Å²) in [6, 6.07) is 0.795. The SMILES string of the molecule is CN(C1CNC1)[C@@H]1COC[C@H]1O. The minimum Gasteiger partial charge on any atom is -0.389 e. The van der Waals surface area contributed by atoms with Gasteiger partial charge < -0.3 is 15.2 Å². The lowest BCUT2D eigenvalue weighted by atomic mass is 10.1. The van der Waals surface area contributed by atoms with Crippen molar-refractivity contribution in [1.29, 1.82) is 0 Å². The van der Waals surface area contributed by atoms with E-state index in [0.717, 1.165) is 13.1 Å². The predicted molar refractivity (Wildman–Crippen MR) is 45.0 cm³/mol. The lowest BCUT2D eigenvalue weighted by molar-refractivity contribution is 0.0558. The van der Waals surface area contributed by atoms with E-state index in [1.54, 1.807) is 0 Å². The fraction of sp³-hybridized carbons (Fsp3) is 1.00. The highest BCUT2D eigenvalue weighted by atomic mass is 16.5. The van der Waals surface area contributed by atoms with Crippen LogP contribution in [0.15, 0.2) is 0 Å². The van der Waals surface area contributed by atoms with Gasteiger partial charge in [-0.15, -0.1) is 0 Å². The molecule has 2 fully saturated rings. The van der Waals surface area contributed by atoms with Crippen molar-refractivity contribution < 1.29 is 9.84 Å². The summed E-state index contributed by atoms with van der Waals surface area (Å²) in [6.07, 6.45) is -0.296. The first-order valence-electron chi connectivity index (χ1n) is 4.47. The molecule has 2 aliphatic rings. The molecule has 0 amide bonds. The Morgan fingerprint density at radius 1 is 1.42 bits per heavy atom. The summed E-state index contributed by atoms with van der Waals surface area (Å²) >= 11 is 0. The number of nitrogens with one attached hydrogen (secondary N) is 1. The molecule has 4 heteroatoms. The molecule has 0 unspecified atom stereocenters. The number of rotatable bonds is 2. The Kier molecular flexibility index (Phi) is 2.32. The first kappa shape index (κ1) is 8.44. The summed E-state index contributed by atoms with van der Waals surface area (Å²) in [7, 11) is 2.06. The van der Waals surface area contributed by atoms with Gasteiger partial charge in [-0.05, 0) is 7.05 Å². The smallest absolute Gasteiger partial charge is 0.0950 e. The molecular weight excluding hydrogens is 156 g/mol. The number of aliphatic hydroxyl groups excluding tert-OH is 1. The molecule has 2 rings (SSSR count). The molecule has 2 atom stereocenters. The third-order valence-corrected chi connectivity index (χ3v) is 2.88. The predicted octanol–water partition coefficient (Wildman–Crippen LogP) is -1.35. The van der Waals surface area contributed by atoms with Crippen LogP contribution in [0.1, 0.15) is 0 Å². The van der Waals surface area contributed by atoms with Crippen molar-refractivity contribution >= 4 is 0 Å². The Hall–Kier alpha value is -0.160. The van der Waals surface area contributed by atoms with Crippen molar-refractivity contribution in [1.82, 2.24) is 10.2 Å². The average Bonchev–Trinajstić information content (AvgIpc) is 2.31. The molecular formula is C8H16N2O2. The molecule has 0 aromatic carbocycles. The van der Waals surface area contributed by atoms with Crippen molar-refractivity contribution in [3.63, 3.8) is 0 Å². The van der Waals surface area contributed by atoms with Crippen LogP contribution in [0.3, 0.4) is 0 Å². The van der Waals surface area contributed by atoms with Gasteiger partial charge in [0.15, 0.2) is 0 Å². The molecule has 2 saturated heterocycles. The van der Waals surface area contributed by atoms with E-state index in [4.69, 9.17) is 4.74 Å². The van der Waals surface area contributed by atoms with E-state index in [1.165, 1.54) is 0 Å². The molecule has 12 heavy (non-hydrogen) atoms. The van der Waals surface area contributed by atoms with E-state index < -0.39 is 0 Å². The molecule has 2 aliphatic heterocycles. The molecule has 0 spiro atoms. The zero-order chi connectivity index (χ0) is 8.55. The van der Waals surface area contributed by atoms with Gasteiger partial charge in [0, 0.05) is 19.1 Å². The highest BCUT2D eigenvalue weighted by Gasteiger charge is 2.35. The minimum absolute atomic E-state index is 0.206. The van der Waals surface area contributed by atoms with Gasteiger partial charge in [0.1, 0.15) is 0 Å². The van der Waals surface area contributed by atoms with Gasteiger partial charge >= 0.3 is 0 Å². The Labute approximate surface area is 72.5 Å². The summed E-state index contributed by atoms with van der Waals surface area (Å²) in [5, 5.41) is 12.8. The number of aliphatic hydroxyl groups is 1. The normalized spacial score (nSPS) is 37.2. The van der Waals surface area contributed by atoms with Gasteiger partial charge in [-0.2, -0.15) is 0 Å². The zero-order valence-corrected chi connectivity index (χ0v) is 7.36. The second-order valence-corrected chi connectivity index (χ2v) is 3.65. The second kappa shape index (κ2) is 3.30. The molecule has 0 bridgehead atoms. The van der Waals surface area contributed by atoms with Crippen LogP contribution >= 0.6 is 0 Å². The van der Waals surface area contributed by atoms with E-state index in [0.29, 0.717) is 19.3 Å². The van der Waals surface area contributed by atoms with Gasteiger partial charge in [0.25, 0.3) is 0 Å². The van der Waals surface area contributed by atoms with E-state index in [9.17, 15) is 5.11 Å². The molecule has 70 valence electrons. The largest absolute Gasteiger partial charge is 0.389 e. The van der Waals surface area contributed by atoms with Crippen LogP contribution in [0, 0.1) is 0 Å². The van der Waals surface area contributed by atoms with Crippen LogP contribution in [0.25, 0.3) is 0 Å². The van der Waals surface area contributed by atoms with E-state index >= 15 is 0 Å². The van der Waals surface area contributed by atoms with E-state index in [-0.39, 0.29) is 12.1 Å². The minimum atomic E-state index is -0.296. The first-order valence-corrected chi connectivity index (χ1v) is 4.47. The Bertz CT molecular complexity index is 161. The number of hydrogen-bond donors (Lipinski definition) is 2. The van der Waals surface area contributed by atoms with Crippen molar-refractivity contribution in [3.05, 3.63) is 0 Å². The van der Waals surface area contributed by atoms with Gasteiger partial charge in [-0.3, -0.25) is 4.90 Å². The first-order chi connectivity index (χ1) is 5.79. The lowest BCUT2D eigenvalue weighted by Gasteiger charge is -2.39. The molecule has 0 aromatic heterocycles. The van der Waals surface area contributed by atoms with Crippen molar-refractivity contribution in [3.8, 4) is 0 Å². The summed E-state index contributed by atoms with van der Waals surface area (Å²) in [5.41, 5.74) is 0. The maximum absolute atomic E-state index is 9.54. The van der Waals surface area contributed by atoms with Gasteiger partial charge in [0.05, 0.1) is 25.4 Å². The van der Waals surface area contributed by atoms with Gasteiger partial charge in [-0.1, -0.05) is 0 Å². The third-order valence-electron chi connectivity index (χ3n) is 2.88. The van der Waals surface area contributed by atoms with Crippen LogP contribution < -0.4 is 5.32 Å². The molecule has 0 radical (unpaired) electrons. The van der Waals surface area contributed by atoms with Crippen LogP contribution in [-0.4, -0.2) is 61.5 Å². The van der Waals surface area contributed by atoms with Crippen molar-refractivity contribution in [2.75, 3.05) is 33.4 Å². The number of ether oxygens (including phenoxy) is 1. The maximum atomic E-state index is 9.54. The number of nitrogens with zero attached hydrogens (tertiary/aromatic N) is 1. The van der Waals surface area contributed by atoms with Crippen LogP contribution in [0.2, 0.25) is 0 Å². The molecule has 0 aromatic rings. The summed E-state index contributed by atoms with van der Waals surface area (Å²) in [6.45, 7) is 3.25. The van der Waals surface area contributed by atoms with Crippen molar-refractivity contribution in [2.24, 2.45) is 0 Å². The monoisotopic (exact) mass is 172 g/mol. The molecule has 2 N–H and O–H groups in total. The van der Waals surface area contributed by atoms with Crippen LogP contribution in [0.5, 0.6) is 0 Å². The molecule has 2 heterocycles. The third kappa shape index (κ3) is 1.35. The Morgan fingerprint density at radius 2 is 2.17 bits per heavy atom. The summed E-state index contributed by atoms with van der Waals surface area (Å²) in [4.78, 5) is 2.23. The van der Waals surface area contributed by atoms with Gasteiger partial charge in [-0.25, -0.2) is 0 Å². The topological polar surface area (TPSA) is 44.7 Å². The average molecular weight is 172 g/mol. The van der Waals surface area contributed by atoms with Crippen LogP contribution in [0.4, 0.5) is 0 Å². The fourth-order valence-corrected chi connectivity index (χ4v) is 1.75. The highest BCUT2D eigenvalue weighted by molar-refractivity contribution is 4.91. The number of hydrogen-bond acceptors (Lipinski definition) is 4. The highest BCUT2D eigenvalue weighted by Crippen LogP contribution is 2.15. The lowest BCUT2D eigenvalue weighted by Crippen LogP contribution is -2.60. The Morgan fingerprint density at radius 3 is 2.58 bits per heavy atom. The molecule has 0 aliphatic carbocycles.